The summed E-state index contributed by atoms with van der Waals surface area (Å²) in [5, 5.41) is 3.17. The van der Waals surface area contributed by atoms with Gasteiger partial charge in [0.1, 0.15) is 0 Å². The highest BCUT2D eigenvalue weighted by atomic mass is 16.2. The molecule has 4 rings (SSSR count). The number of amides is 2. The van der Waals surface area contributed by atoms with Gasteiger partial charge in [-0.1, -0.05) is 48.9 Å². The quantitative estimate of drug-likeness (QED) is 0.714. The van der Waals surface area contributed by atoms with Crippen molar-refractivity contribution in [1.82, 2.24) is 15.1 Å². The summed E-state index contributed by atoms with van der Waals surface area (Å²) in [7, 11) is 0. The number of nitrogens with zero attached hydrogens (tertiary/aromatic N) is 2. The Morgan fingerprint density at radius 1 is 0.939 bits per heavy atom. The molecule has 0 aliphatic carbocycles. The van der Waals surface area contributed by atoms with Crippen molar-refractivity contribution in [2.24, 2.45) is 11.8 Å². The lowest BCUT2D eigenvalue weighted by atomic mass is 9.96. The van der Waals surface area contributed by atoms with Crippen molar-refractivity contribution < 1.29 is 9.59 Å². The van der Waals surface area contributed by atoms with Crippen LogP contribution < -0.4 is 5.32 Å². The maximum Gasteiger partial charge on any atom is 0.253 e. The molecule has 0 saturated carbocycles. The number of carbonyl (C=O) groups is 2. The van der Waals surface area contributed by atoms with Crippen molar-refractivity contribution >= 4 is 11.8 Å². The van der Waals surface area contributed by atoms with E-state index in [1.807, 2.05) is 42.2 Å². The van der Waals surface area contributed by atoms with Gasteiger partial charge >= 0.3 is 0 Å². The van der Waals surface area contributed by atoms with Crippen molar-refractivity contribution in [3.05, 3.63) is 70.8 Å². The Balaban J connectivity index is 1.33. The summed E-state index contributed by atoms with van der Waals surface area (Å²) < 4.78 is 0. The van der Waals surface area contributed by atoms with E-state index in [0.717, 1.165) is 44.0 Å². The second-order valence-corrected chi connectivity index (χ2v) is 9.93. The molecule has 2 amide bonds. The normalized spacial score (nSPS) is 21.6. The summed E-state index contributed by atoms with van der Waals surface area (Å²) in [4.78, 5) is 30.3. The Morgan fingerprint density at radius 3 is 2.42 bits per heavy atom. The van der Waals surface area contributed by atoms with E-state index in [1.54, 1.807) is 0 Å². The van der Waals surface area contributed by atoms with Gasteiger partial charge in [0.2, 0.25) is 5.91 Å². The Bertz CT molecular complexity index is 956. The van der Waals surface area contributed by atoms with Crippen molar-refractivity contribution in [3.63, 3.8) is 0 Å². The standard InChI is InChI=1S/C28H37N3O2/c1-21-11-13-23(14-12-21)28(33)31-16-6-10-26(20-31)27(32)29-17-24-8-3-4-9-25(24)19-30-15-5-7-22(2)18-30/h3-4,8-9,11-14,22,26H,5-7,10,15-20H2,1-2H3,(H,29,32). The zero-order valence-corrected chi connectivity index (χ0v) is 20.1. The molecule has 0 radical (unpaired) electrons. The van der Waals surface area contributed by atoms with Crippen LogP contribution in [0.5, 0.6) is 0 Å². The summed E-state index contributed by atoms with van der Waals surface area (Å²) in [5.74, 6) is 0.678. The predicted octanol–water partition coefficient (Wildman–Crippen LogP) is 4.40. The van der Waals surface area contributed by atoms with Crippen LogP contribution in [0.4, 0.5) is 0 Å². The molecule has 5 heteroatoms. The first-order valence-electron chi connectivity index (χ1n) is 12.4. The molecule has 2 aromatic carbocycles. The van der Waals surface area contributed by atoms with Gasteiger partial charge in [-0.05, 0) is 68.3 Å². The molecule has 2 aromatic rings. The molecule has 2 unspecified atom stereocenters. The van der Waals surface area contributed by atoms with E-state index in [4.69, 9.17) is 0 Å². The van der Waals surface area contributed by atoms with Crippen LogP contribution in [0.1, 0.15) is 59.7 Å². The molecular weight excluding hydrogens is 410 g/mol. The van der Waals surface area contributed by atoms with Crippen LogP contribution in [0.25, 0.3) is 0 Å². The number of aryl methyl sites for hydroxylation is 1. The number of piperidine rings is 2. The maximum absolute atomic E-state index is 13.0. The van der Waals surface area contributed by atoms with E-state index < -0.39 is 0 Å². The van der Waals surface area contributed by atoms with E-state index in [9.17, 15) is 9.59 Å². The Hall–Kier alpha value is -2.66. The van der Waals surface area contributed by atoms with Crippen LogP contribution in [0, 0.1) is 18.8 Å². The minimum Gasteiger partial charge on any atom is -0.352 e. The first-order valence-corrected chi connectivity index (χ1v) is 12.4. The third kappa shape index (κ3) is 6.23. The number of hydrogen-bond donors (Lipinski definition) is 1. The molecule has 2 heterocycles. The maximum atomic E-state index is 13.0. The van der Waals surface area contributed by atoms with Crippen molar-refractivity contribution in [1.29, 1.82) is 0 Å². The minimum atomic E-state index is -0.150. The van der Waals surface area contributed by atoms with Gasteiger partial charge < -0.3 is 10.2 Å². The number of nitrogens with one attached hydrogen (secondary N) is 1. The predicted molar refractivity (Wildman–Crippen MR) is 132 cm³/mol. The van der Waals surface area contributed by atoms with Crippen LogP contribution in [-0.2, 0) is 17.9 Å². The molecule has 0 bridgehead atoms. The molecule has 33 heavy (non-hydrogen) atoms. The molecule has 0 spiro atoms. The second-order valence-electron chi connectivity index (χ2n) is 9.93. The Morgan fingerprint density at radius 2 is 1.67 bits per heavy atom. The first kappa shape index (κ1) is 23.5. The average molecular weight is 448 g/mol. The van der Waals surface area contributed by atoms with Gasteiger partial charge in [0.25, 0.3) is 5.91 Å². The summed E-state index contributed by atoms with van der Waals surface area (Å²) in [5.41, 5.74) is 4.32. The fourth-order valence-electron chi connectivity index (χ4n) is 5.14. The summed E-state index contributed by atoms with van der Waals surface area (Å²) in [6.45, 7) is 9.33. The number of rotatable bonds is 6. The van der Waals surface area contributed by atoms with Crippen LogP contribution in [0.2, 0.25) is 0 Å². The van der Waals surface area contributed by atoms with E-state index in [1.165, 1.54) is 24.0 Å². The third-order valence-corrected chi connectivity index (χ3v) is 7.08. The monoisotopic (exact) mass is 447 g/mol. The number of hydrogen-bond acceptors (Lipinski definition) is 3. The van der Waals surface area contributed by atoms with Crippen LogP contribution in [0.15, 0.2) is 48.5 Å². The van der Waals surface area contributed by atoms with E-state index in [0.29, 0.717) is 25.2 Å². The largest absolute Gasteiger partial charge is 0.352 e. The van der Waals surface area contributed by atoms with Gasteiger partial charge in [0.15, 0.2) is 0 Å². The first-order chi connectivity index (χ1) is 16.0. The van der Waals surface area contributed by atoms with Crippen LogP contribution in [-0.4, -0.2) is 47.8 Å². The van der Waals surface area contributed by atoms with Gasteiger partial charge in [0, 0.05) is 38.3 Å². The minimum absolute atomic E-state index is 0.0219. The van der Waals surface area contributed by atoms with Gasteiger partial charge in [0.05, 0.1) is 5.92 Å². The molecule has 5 nitrogen and oxygen atoms in total. The molecule has 2 fully saturated rings. The van der Waals surface area contributed by atoms with E-state index >= 15 is 0 Å². The zero-order chi connectivity index (χ0) is 23.2. The lowest BCUT2D eigenvalue weighted by Crippen LogP contribution is -2.45. The Kier molecular flexibility index (Phi) is 7.81. The molecule has 2 atom stereocenters. The average Bonchev–Trinajstić information content (AvgIpc) is 2.83. The van der Waals surface area contributed by atoms with Gasteiger partial charge in [-0.2, -0.15) is 0 Å². The van der Waals surface area contributed by atoms with Crippen molar-refractivity contribution in [2.75, 3.05) is 26.2 Å². The lowest BCUT2D eigenvalue weighted by molar-refractivity contribution is -0.126. The van der Waals surface area contributed by atoms with Gasteiger partial charge in [-0.25, -0.2) is 0 Å². The van der Waals surface area contributed by atoms with Crippen molar-refractivity contribution in [3.8, 4) is 0 Å². The van der Waals surface area contributed by atoms with Crippen LogP contribution in [0.3, 0.4) is 0 Å². The summed E-state index contributed by atoms with van der Waals surface area (Å²) >= 11 is 0. The molecule has 0 aromatic heterocycles. The Labute approximate surface area is 198 Å². The number of carbonyl (C=O) groups excluding carboxylic acids is 2. The van der Waals surface area contributed by atoms with Gasteiger partial charge in [-0.3, -0.25) is 14.5 Å². The smallest absolute Gasteiger partial charge is 0.253 e. The topological polar surface area (TPSA) is 52.7 Å². The highest BCUT2D eigenvalue weighted by molar-refractivity contribution is 5.94. The second kappa shape index (κ2) is 11.0. The number of benzene rings is 2. The van der Waals surface area contributed by atoms with Crippen molar-refractivity contribution in [2.45, 2.75) is 52.6 Å². The highest BCUT2D eigenvalue weighted by Gasteiger charge is 2.29. The molecular formula is C28H37N3O2. The fourth-order valence-corrected chi connectivity index (χ4v) is 5.14. The molecule has 2 aliphatic heterocycles. The summed E-state index contributed by atoms with van der Waals surface area (Å²) in [6.07, 6.45) is 4.27. The lowest BCUT2D eigenvalue weighted by Gasteiger charge is -2.32. The molecule has 1 N–H and O–H groups in total. The van der Waals surface area contributed by atoms with E-state index in [2.05, 4.69) is 35.3 Å². The van der Waals surface area contributed by atoms with Gasteiger partial charge in [-0.15, -0.1) is 0 Å². The zero-order valence-electron chi connectivity index (χ0n) is 20.1. The third-order valence-electron chi connectivity index (χ3n) is 7.08. The fraction of sp³-hybridized carbons (Fsp3) is 0.500. The SMILES string of the molecule is Cc1ccc(C(=O)N2CCCC(C(=O)NCc3ccccc3CN3CCCC(C)C3)C2)cc1. The van der Waals surface area contributed by atoms with Crippen LogP contribution >= 0.6 is 0 Å². The summed E-state index contributed by atoms with van der Waals surface area (Å²) in [6, 6.07) is 16.1. The number of likely N-dealkylation sites (tertiary alicyclic amines) is 2. The highest BCUT2D eigenvalue weighted by Crippen LogP contribution is 2.21. The molecule has 2 saturated heterocycles. The molecule has 2 aliphatic rings. The van der Waals surface area contributed by atoms with E-state index in [-0.39, 0.29) is 17.7 Å². The molecule has 176 valence electrons.